The molecule has 6 nitrogen and oxygen atoms in total. The molecule has 1 unspecified atom stereocenters. The summed E-state index contributed by atoms with van der Waals surface area (Å²) in [6, 6.07) is 1.34. The highest BCUT2D eigenvalue weighted by Gasteiger charge is 2.34. The molecule has 1 aromatic heterocycles. The summed E-state index contributed by atoms with van der Waals surface area (Å²) < 4.78 is 27.5. The number of sulfonamides is 1. The number of nitriles is 1. The standard InChI is InChI=1S/C9H12N4O2S/c1-13-5-9(11-6-13)16(14,15)12-8(4-10)7-2-3-7/h5-8,12H,2-3H2,1H3. The van der Waals surface area contributed by atoms with Crippen LogP contribution in [-0.4, -0.2) is 24.0 Å². The zero-order valence-electron chi connectivity index (χ0n) is 8.79. The SMILES string of the molecule is Cn1cnc(S(=O)(=O)NC(C#N)C2CC2)c1. The van der Waals surface area contributed by atoms with Gasteiger partial charge in [-0.15, -0.1) is 0 Å². The molecular weight excluding hydrogens is 228 g/mol. The molecule has 0 saturated heterocycles. The maximum atomic E-state index is 11.8. The summed E-state index contributed by atoms with van der Waals surface area (Å²) in [4.78, 5) is 3.76. The summed E-state index contributed by atoms with van der Waals surface area (Å²) in [7, 11) is -1.97. The summed E-state index contributed by atoms with van der Waals surface area (Å²) >= 11 is 0. The lowest BCUT2D eigenvalue weighted by atomic mass is 10.2. The maximum Gasteiger partial charge on any atom is 0.260 e. The average Bonchev–Trinajstić information content (AvgIpc) is 2.97. The van der Waals surface area contributed by atoms with E-state index < -0.39 is 16.1 Å². The summed E-state index contributed by atoms with van der Waals surface area (Å²) in [6.07, 6.45) is 4.63. The number of aryl methyl sites for hydroxylation is 1. The average molecular weight is 240 g/mol. The quantitative estimate of drug-likeness (QED) is 0.802. The molecule has 1 saturated carbocycles. The molecule has 1 fully saturated rings. The van der Waals surface area contributed by atoms with Crippen molar-refractivity contribution in [3.63, 3.8) is 0 Å². The molecule has 1 heterocycles. The molecule has 0 bridgehead atoms. The van der Waals surface area contributed by atoms with E-state index in [0.717, 1.165) is 12.8 Å². The van der Waals surface area contributed by atoms with E-state index in [9.17, 15) is 8.42 Å². The third-order valence-corrected chi connectivity index (χ3v) is 3.80. The van der Waals surface area contributed by atoms with Crippen molar-refractivity contribution in [3.8, 4) is 6.07 Å². The van der Waals surface area contributed by atoms with Crippen molar-refractivity contribution < 1.29 is 8.42 Å². The lowest BCUT2D eigenvalue weighted by Crippen LogP contribution is -2.35. The van der Waals surface area contributed by atoms with Crippen molar-refractivity contribution in [2.45, 2.75) is 23.9 Å². The van der Waals surface area contributed by atoms with Crippen LogP contribution in [0.15, 0.2) is 17.6 Å². The van der Waals surface area contributed by atoms with Crippen molar-refractivity contribution in [3.05, 3.63) is 12.5 Å². The van der Waals surface area contributed by atoms with Crippen LogP contribution in [0.25, 0.3) is 0 Å². The first-order valence-corrected chi connectivity index (χ1v) is 6.41. The topological polar surface area (TPSA) is 87.8 Å². The second kappa shape index (κ2) is 3.88. The normalized spacial score (nSPS) is 18.0. The molecule has 1 atom stereocenters. The summed E-state index contributed by atoms with van der Waals surface area (Å²) in [5.41, 5.74) is 0. The van der Waals surface area contributed by atoms with E-state index in [1.54, 1.807) is 11.6 Å². The fourth-order valence-electron chi connectivity index (χ4n) is 1.41. The Morgan fingerprint density at radius 3 is 2.81 bits per heavy atom. The number of aromatic nitrogens is 2. The Hall–Kier alpha value is -1.39. The van der Waals surface area contributed by atoms with Crippen LogP contribution in [0, 0.1) is 17.2 Å². The zero-order chi connectivity index (χ0) is 11.8. The van der Waals surface area contributed by atoms with Crippen LogP contribution in [0.5, 0.6) is 0 Å². The van der Waals surface area contributed by atoms with Gasteiger partial charge in [0.25, 0.3) is 10.0 Å². The molecule has 86 valence electrons. The molecule has 0 aromatic carbocycles. The Kier molecular flexibility index (Phi) is 2.69. The third-order valence-electron chi connectivity index (χ3n) is 2.47. The van der Waals surface area contributed by atoms with Gasteiger partial charge in [0.1, 0.15) is 6.04 Å². The van der Waals surface area contributed by atoms with Gasteiger partial charge in [0.2, 0.25) is 0 Å². The highest BCUT2D eigenvalue weighted by atomic mass is 32.2. The molecule has 0 radical (unpaired) electrons. The van der Waals surface area contributed by atoms with E-state index in [2.05, 4.69) is 9.71 Å². The lowest BCUT2D eigenvalue weighted by Gasteiger charge is -2.08. The minimum Gasteiger partial charge on any atom is -0.339 e. The zero-order valence-corrected chi connectivity index (χ0v) is 9.61. The van der Waals surface area contributed by atoms with E-state index in [1.807, 2.05) is 6.07 Å². The predicted molar refractivity (Wildman–Crippen MR) is 55.7 cm³/mol. The Morgan fingerprint density at radius 1 is 1.69 bits per heavy atom. The highest BCUT2D eigenvalue weighted by molar-refractivity contribution is 7.89. The molecule has 1 aliphatic rings. The van der Waals surface area contributed by atoms with Crippen LogP contribution in [-0.2, 0) is 17.1 Å². The van der Waals surface area contributed by atoms with Crippen LogP contribution in [0.1, 0.15) is 12.8 Å². The molecule has 16 heavy (non-hydrogen) atoms. The smallest absolute Gasteiger partial charge is 0.260 e. The Labute approximate surface area is 94.0 Å². The van der Waals surface area contributed by atoms with Crippen molar-refractivity contribution >= 4 is 10.0 Å². The Morgan fingerprint density at radius 2 is 2.38 bits per heavy atom. The fourth-order valence-corrected chi connectivity index (χ4v) is 2.60. The van der Waals surface area contributed by atoms with Gasteiger partial charge in [-0.25, -0.2) is 13.4 Å². The van der Waals surface area contributed by atoms with Gasteiger partial charge >= 0.3 is 0 Å². The molecule has 0 spiro atoms. The Balaban J connectivity index is 2.17. The molecule has 2 rings (SSSR count). The van der Waals surface area contributed by atoms with Gasteiger partial charge < -0.3 is 4.57 Å². The third kappa shape index (κ3) is 2.23. The number of hydrogen-bond donors (Lipinski definition) is 1. The van der Waals surface area contributed by atoms with E-state index in [-0.39, 0.29) is 10.9 Å². The van der Waals surface area contributed by atoms with Crippen molar-refractivity contribution in [2.24, 2.45) is 13.0 Å². The second-order valence-corrected chi connectivity index (χ2v) is 5.60. The lowest BCUT2D eigenvalue weighted by molar-refractivity contribution is 0.557. The van der Waals surface area contributed by atoms with Gasteiger partial charge in [-0.2, -0.15) is 9.98 Å². The van der Waals surface area contributed by atoms with Gasteiger partial charge in [-0.05, 0) is 18.8 Å². The molecule has 0 aliphatic heterocycles. The molecule has 0 amide bonds. The molecule has 1 aromatic rings. The summed E-state index contributed by atoms with van der Waals surface area (Å²) in [5, 5.41) is 8.80. The number of imidazole rings is 1. The summed E-state index contributed by atoms with van der Waals surface area (Å²) in [6.45, 7) is 0. The van der Waals surface area contributed by atoms with Crippen LogP contribution >= 0.6 is 0 Å². The number of hydrogen-bond acceptors (Lipinski definition) is 4. The second-order valence-electron chi connectivity index (χ2n) is 3.94. The minimum atomic E-state index is -3.66. The van der Waals surface area contributed by atoms with Gasteiger partial charge in [0, 0.05) is 13.2 Å². The molecule has 7 heteroatoms. The van der Waals surface area contributed by atoms with Crippen LogP contribution in [0.4, 0.5) is 0 Å². The number of nitrogens with zero attached hydrogens (tertiary/aromatic N) is 3. The Bertz CT molecular complexity index is 524. The highest BCUT2D eigenvalue weighted by Crippen LogP contribution is 2.32. The van der Waals surface area contributed by atoms with Crippen molar-refractivity contribution in [1.82, 2.24) is 14.3 Å². The van der Waals surface area contributed by atoms with Gasteiger partial charge in [-0.1, -0.05) is 0 Å². The summed E-state index contributed by atoms with van der Waals surface area (Å²) in [5.74, 6) is 0.156. The van der Waals surface area contributed by atoms with Crippen LogP contribution in [0.2, 0.25) is 0 Å². The number of rotatable bonds is 4. The fraction of sp³-hybridized carbons (Fsp3) is 0.556. The predicted octanol–water partition coefficient (Wildman–Crippen LogP) is 0.000580. The van der Waals surface area contributed by atoms with E-state index in [0.29, 0.717) is 0 Å². The van der Waals surface area contributed by atoms with Crippen LogP contribution < -0.4 is 4.72 Å². The van der Waals surface area contributed by atoms with E-state index in [4.69, 9.17) is 5.26 Å². The first-order chi connectivity index (χ1) is 7.53. The molecule has 1 aliphatic carbocycles. The van der Waals surface area contributed by atoms with Crippen LogP contribution in [0.3, 0.4) is 0 Å². The monoisotopic (exact) mass is 240 g/mol. The van der Waals surface area contributed by atoms with Gasteiger partial charge in [0.15, 0.2) is 5.03 Å². The largest absolute Gasteiger partial charge is 0.339 e. The van der Waals surface area contributed by atoms with Crippen molar-refractivity contribution in [2.75, 3.05) is 0 Å². The first-order valence-electron chi connectivity index (χ1n) is 4.93. The van der Waals surface area contributed by atoms with E-state index >= 15 is 0 Å². The molecule has 1 N–H and O–H groups in total. The van der Waals surface area contributed by atoms with Crippen molar-refractivity contribution in [1.29, 1.82) is 5.26 Å². The number of nitrogens with one attached hydrogen (secondary N) is 1. The van der Waals surface area contributed by atoms with E-state index in [1.165, 1.54) is 12.5 Å². The molecular formula is C9H12N4O2S. The first kappa shape index (κ1) is 11.1. The van der Waals surface area contributed by atoms with Gasteiger partial charge in [-0.3, -0.25) is 0 Å². The minimum absolute atomic E-state index is 0.0455. The maximum absolute atomic E-state index is 11.8. The van der Waals surface area contributed by atoms with Gasteiger partial charge in [0.05, 0.1) is 12.4 Å².